The summed E-state index contributed by atoms with van der Waals surface area (Å²) in [6, 6.07) is 4.70. The first-order valence-corrected chi connectivity index (χ1v) is 12.0. The van der Waals surface area contributed by atoms with Gasteiger partial charge in [-0.05, 0) is 73.5 Å². The number of rotatable bonds is 8. The zero-order valence-electron chi connectivity index (χ0n) is 18.1. The molecule has 3 aliphatic carbocycles. The lowest BCUT2D eigenvalue weighted by molar-refractivity contribution is -0.137. The molecular weight excluding hydrogens is 413 g/mol. The van der Waals surface area contributed by atoms with Gasteiger partial charge in [-0.25, -0.2) is 4.39 Å². The van der Waals surface area contributed by atoms with Gasteiger partial charge < -0.3 is 10.4 Å². The number of nitrogens with one attached hydrogen (secondary N) is 1. The number of carbonyl (C=O) groups is 2. The van der Waals surface area contributed by atoms with Crippen LogP contribution in [0.4, 0.5) is 4.39 Å². The van der Waals surface area contributed by atoms with E-state index in [2.05, 4.69) is 31.3 Å². The van der Waals surface area contributed by atoms with Crippen LogP contribution in [0.1, 0.15) is 62.7 Å². The molecule has 3 fully saturated rings. The molecule has 4 nitrogen and oxygen atoms in total. The largest absolute Gasteiger partial charge is 0.481 e. The monoisotopic (exact) mass is 443 g/mol. The third-order valence-corrected chi connectivity index (χ3v) is 8.51. The van der Waals surface area contributed by atoms with Crippen LogP contribution >= 0.6 is 11.3 Å². The average molecular weight is 444 g/mol. The van der Waals surface area contributed by atoms with Crippen LogP contribution in [0, 0.1) is 29.0 Å². The number of carbonyl (C=O) groups excluding carboxylic acids is 1. The van der Waals surface area contributed by atoms with Gasteiger partial charge in [0, 0.05) is 27.9 Å². The van der Waals surface area contributed by atoms with E-state index in [0.717, 1.165) is 24.0 Å². The molecule has 5 rings (SSSR count). The molecule has 0 radical (unpaired) electrons. The molecule has 0 saturated heterocycles. The van der Waals surface area contributed by atoms with Crippen molar-refractivity contribution in [3.05, 3.63) is 47.1 Å². The first-order chi connectivity index (χ1) is 14.8. The fraction of sp³-hybridized carbons (Fsp3) is 0.520. The van der Waals surface area contributed by atoms with E-state index in [-0.39, 0.29) is 24.2 Å². The Labute approximate surface area is 186 Å². The maximum atomic E-state index is 13.7. The van der Waals surface area contributed by atoms with E-state index in [1.807, 2.05) is 5.38 Å². The SMILES string of the molecule is CC1(C)[C@H]2C[C@@H](NC(=O)c3csc4ccc(F)cc34)[C@H](CC=CCCCC(=O)O)[C@@H]1C2. The van der Waals surface area contributed by atoms with Crippen LogP contribution in [0.15, 0.2) is 35.7 Å². The second-order valence-corrected chi connectivity index (χ2v) is 10.5. The summed E-state index contributed by atoms with van der Waals surface area (Å²) in [4.78, 5) is 23.8. The zero-order valence-corrected chi connectivity index (χ0v) is 18.9. The van der Waals surface area contributed by atoms with Crippen LogP contribution in [0.25, 0.3) is 10.1 Å². The van der Waals surface area contributed by atoms with Gasteiger partial charge in [-0.1, -0.05) is 26.0 Å². The molecule has 3 saturated carbocycles. The lowest BCUT2D eigenvalue weighted by Crippen LogP contribution is -2.61. The molecule has 1 amide bonds. The summed E-state index contributed by atoms with van der Waals surface area (Å²) in [6.45, 7) is 4.67. The molecule has 0 aliphatic heterocycles. The number of unbranched alkanes of at least 4 members (excludes halogenated alkanes) is 1. The van der Waals surface area contributed by atoms with Crippen molar-refractivity contribution in [2.75, 3.05) is 0 Å². The van der Waals surface area contributed by atoms with Gasteiger partial charge in [0.25, 0.3) is 5.91 Å². The molecular formula is C25H30FNO3S. The van der Waals surface area contributed by atoms with E-state index in [0.29, 0.717) is 40.5 Å². The van der Waals surface area contributed by atoms with Gasteiger partial charge in [0.05, 0.1) is 5.56 Å². The first-order valence-electron chi connectivity index (χ1n) is 11.1. The summed E-state index contributed by atoms with van der Waals surface area (Å²) in [5.41, 5.74) is 0.849. The molecule has 2 bridgehead atoms. The maximum absolute atomic E-state index is 13.7. The molecule has 0 unspecified atom stereocenters. The molecule has 4 atom stereocenters. The number of benzene rings is 1. The molecule has 0 spiro atoms. The maximum Gasteiger partial charge on any atom is 0.303 e. The normalized spacial score (nSPS) is 26.7. The minimum atomic E-state index is -0.758. The van der Waals surface area contributed by atoms with Crippen molar-refractivity contribution in [1.82, 2.24) is 5.32 Å². The molecule has 2 N–H and O–H groups in total. The summed E-state index contributed by atoms with van der Waals surface area (Å²) in [5, 5.41) is 14.6. The standard InChI is InChI=1S/C25H30FNO3S/c1-25(2)15-11-20(25)17(7-5-3-4-6-8-23(28)29)21(12-15)27-24(30)19-14-31-22-10-9-16(26)13-18(19)22/h3,5,9-10,13-15,17,20-21H,4,6-8,11-12H2,1-2H3,(H,27,30)(H,28,29)/t15-,17-,20+,21-/m1/s1. The van der Waals surface area contributed by atoms with Gasteiger partial charge in [0.15, 0.2) is 0 Å². The molecule has 1 aromatic heterocycles. The molecule has 3 aliphatic rings. The highest BCUT2D eigenvalue weighted by atomic mass is 32.1. The number of hydrogen-bond acceptors (Lipinski definition) is 3. The van der Waals surface area contributed by atoms with Crippen molar-refractivity contribution in [2.45, 2.75) is 58.4 Å². The van der Waals surface area contributed by atoms with Gasteiger partial charge in [-0.2, -0.15) is 0 Å². The summed E-state index contributed by atoms with van der Waals surface area (Å²) < 4.78 is 14.6. The minimum Gasteiger partial charge on any atom is -0.481 e. The Kier molecular flexibility index (Phi) is 6.20. The van der Waals surface area contributed by atoms with E-state index < -0.39 is 5.97 Å². The number of thiophene rings is 1. The first kappa shape index (κ1) is 22.0. The Morgan fingerprint density at radius 3 is 2.84 bits per heavy atom. The number of amides is 1. The van der Waals surface area contributed by atoms with Gasteiger partial charge in [0.1, 0.15) is 5.82 Å². The Balaban J connectivity index is 1.45. The van der Waals surface area contributed by atoms with Crippen molar-refractivity contribution in [2.24, 2.45) is 23.2 Å². The second-order valence-electron chi connectivity index (χ2n) is 9.62. The second kappa shape index (κ2) is 8.73. The van der Waals surface area contributed by atoms with Crippen molar-refractivity contribution in [1.29, 1.82) is 0 Å². The van der Waals surface area contributed by atoms with Crippen LogP contribution in [0.5, 0.6) is 0 Å². The number of aliphatic carboxylic acids is 1. The van der Waals surface area contributed by atoms with E-state index in [4.69, 9.17) is 5.11 Å². The lowest BCUT2D eigenvalue weighted by atomic mass is 9.44. The summed E-state index contributed by atoms with van der Waals surface area (Å²) in [6.07, 6.45) is 8.92. The predicted molar refractivity (Wildman–Crippen MR) is 122 cm³/mol. The molecule has 166 valence electrons. The fourth-order valence-corrected chi connectivity index (χ4v) is 6.53. The Morgan fingerprint density at radius 1 is 1.29 bits per heavy atom. The van der Waals surface area contributed by atoms with Gasteiger partial charge >= 0.3 is 5.97 Å². The lowest BCUT2D eigenvalue weighted by Gasteiger charge is -2.62. The number of allylic oxidation sites excluding steroid dienone is 2. The molecule has 1 heterocycles. The van der Waals surface area contributed by atoms with Crippen molar-refractivity contribution < 1.29 is 19.1 Å². The number of fused-ring (bicyclic) bond motifs is 3. The Morgan fingerprint density at radius 2 is 2.10 bits per heavy atom. The average Bonchev–Trinajstić information content (AvgIpc) is 3.13. The van der Waals surface area contributed by atoms with Crippen LogP contribution < -0.4 is 5.32 Å². The third-order valence-electron chi connectivity index (χ3n) is 7.55. The molecule has 31 heavy (non-hydrogen) atoms. The van der Waals surface area contributed by atoms with Crippen LogP contribution in [0.3, 0.4) is 0 Å². The van der Waals surface area contributed by atoms with Crippen LogP contribution in [0.2, 0.25) is 0 Å². The summed E-state index contributed by atoms with van der Waals surface area (Å²) in [5.74, 6) is 0.350. The Bertz CT molecular complexity index is 1010. The van der Waals surface area contributed by atoms with Gasteiger partial charge in [-0.15, -0.1) is 11.3 Å². The zero-order chi connectivity index (χ0) is 22.2. The molecule has 1 aromatic carbocycles. The van der Waals surface area contributed by atoms with E-state index >= 15 is 0 Å². The smallest absolute Gasteiger partial charge is 0.303 e. The summed E-state index contributed by atoms with van der Waals surface area (Å²) >= 11 is 1.47. The van der Waals surface area contributed by atoms with Gasteiger partial charge in [0.2, 0.25) is 0 Å². The van der Waals surface area contributed by atoms with Crippen LogP contribution in [-0.2, 0) is 4.79 Å². The van der Waals surface area contributed by atoms with Crippen molar-refractivity contribution in [3.63, 3.8) is 0 Å². The number of halogens is 1. The fourth-order valence-electron chi connectivity index (χ4n) is 5.60. The number of hydrogen-bond donors (Lipinski definition) is 2. The number of carboxylic acids is 1. The minimum absolute atomic E-state index is 0.108. The van der Waals surface area contributed by atoms with E-state index in [9.17, 15) is 14.0 Å². The topological polar surface area (TPSA) is 66.4 Å². The number of carboxylic acid groups (broad SMARTS) is 1. The van der Waals surface area contributed by atoms with Crippen molar-refractivity contribution in [3.8, 4) is 0 Å². The summed E-state index contributed by atoms with van der Waals surface area (Å²) in [7, 11) is 0. The highest BCUT2D eigenvalue weighted by Gasteiger charge is 2.57. The Hall–Kier alpha value is -2.21. The van der Waals surface area contributed by atoms with Crippen LogP contribution in [-0.4, -0.2) is 23.0 Å². The van der Waals surface area contributed by atoms with E-state index in [1.54, 1.807) is 6.07 Å². The quantitative estimate of drug-likeness (QED) is 0.387. The molecule has 6 heteroatoms. The highest BCUT2D eigenvalue weighted by Crippen LogP contribution is 2.62. The van der Waals surface area contributed by atoms with E-state index in [1.165, 1.54) is 29.9 Å². The molecule has 2 aromatic rings. The predicted octanol–water partition coefficient (Wildman–Crippen LogP) is 6.02. The van der Waals surface area contributed by atoms with Crippen molar-refractivity contribution >= 4 is 33.3 Å². The third kappa shape index (κ3) is 4.40. The highest BCUT2D eigenvalue weighted by molar-refractivity contribution is 7.17. The van der Waals surface area contributed by atoms with Gasteiger partial charge in [-0.3, -0.25) is 9.59 Å².